The van der Waals surface area contributed by atoms with Gasteiger partial charge in [0.1, 0.15) is 5.76 Å². The summed E-state index contributed by atoms with van der Waals surface area (Å²) in [5.41, 5.74) is -5.77. The molecule has 9 heteroatoms. The van der Waals surface area contributed by atoms with Gasteiger partial charge in [-0.25, -0.2) is 4.79 Å². The first-order valence-corrected chi connectivity index (χ1v) is 8.32. The van der Waals surface area contributed by atoms with Crippen LogP contribution in [-0.4, -0.2) is 27.0 Å². The summed E-state index contributed by atoms with van der Waals surface area (Å²) >= 11 is 0. The van der Waals surface area contributed by atoms with Crippen molar-refractivity contribution in [1.82, 2.24) is 0 Å². The second-order valence-electron chi connectivity index (χ2n) is 5.76. The van der Waals surface area contributed by atoms with Gasteiger partial charge in [0, 0.05) is 6.42 Å². The van der Waals surface area contributed by atoms with Crippen LogP contribution in [-0.2, 0) is 23.8 Å². The van der Waals surface area contributed by atoms with Crippen molar-refractivity contribution in [2.45, 2.75) is 50.5 Å². The van der Waals surface area contributed by atoms with Gasteiger partial charge in [-0.2, -0.15) is 21.6 Å². The molecular weight excluding hydrogens is 325 g/mol. The molecule has 0 atom stereocenters. The fraction of sp³-hybridized carbons (Fsp3) is 0.769. The van der Waals surface area contributed by atoms with E-state index in [1.807, 2.05) is 0 Å². The van der Waals surface area contributed by atoms with Crippen LogP contribution < -0.4 is 0 Å². The normalized spacial score (nSPS) is 22.0. The predicted octanol–water partition coefficient (Wildman–Crippen LogP) is 3.02. The van der Waals surface area contributed by atoms with Crippen molar-refractivity contribution in [3.05, 3.63) is 11.3 Å². The maximum absolute atomic E-state index is 12.4. The first kappa shape index (κ1) is 17.1. The molecule has 0 aliphatic heterocycles. The first-order valence-electron chi connectivity index (χ1n) is 6.91. The molecule has 0 aromatic heterocycles. The second-order valence-corrected chi connectivity index (χ2v) is 7.30. The molecule has 2 aliphatic rings. The average molecular weight is 342 g/mol. The lowest BCUT2D eigenvalue weighted by Crippen LogP contribution is -2.30. The Labute approximate surface area is 126 Å². The summed E-state index contributed by atoms with van der Waals surface area (Å²) in [6, 6.07) is 0. The fourth-order valence-corrected chi connectivity index (χ4v) is 3.77. The molecule has 5 nitrogen and oxygen atoms in total. The third-order valence-electron chi connectivity index (χ3n) is 4.36. The van der Waals surface area contributed by atoms with Crippen LogP contribution in [0.2, 0.25) is 0 Å². The van der Waals surface area contributed by atoms with Gasteiger partial charge in [0.05, 0.1) is 12.7 Å². The first-order chi connectivity index (χ1) is 10.1. The van der Waals surface area contributed by atoms with E-state index < -0.39 is 27.4 Å². The van der Waals surface area contributed by atoms with Gasteiger partial charge >= 0.3 is 21.6 Å². The number of hydrogen-bond acceptors (Lipinski definition) is 5. The standard InChI is InChI=1S/C13H17F3O5S/c1-20-11(17)9-8-12(5-2-3-6-12)7-4-10(9)21-22(18,19)13(14,15)16/h2-8H2,1H3. The Morgan fingerprint density at radius 2 is 1.77 bits per heavy atom. The maximum atomic E-state index is 12.4. The molecule has 1 spiro atoms. The van der Waals surface area contributed by atoms with Crippen LogP contribution in [0.4, 0.5) is 13.2 Å². The Hall–Kier alpha value is -1.25. The van der Waals surface area contributed by atoms with E-state index in [4.69, 9.17) is 0 Å². The molecule has 0 aromatic carbocycles. The Morgan fingerprint density at radius 3 is 2.27 bits per heavy atom. The monoisotopic (exact) mass is 342 g/mol. The average Bonchev–Trinajstić information content (AvgIpc) is 2.87. The minimum absolute atomic E-state index is 0.0141. The van der Waals surface area contributed by atoms with E-state index in [-0.39, 0.29) is 23.8 Å². The van der Waals surface area contributed by atoms with Gasteiger partial charge in [-0.05, 0) is 31.1 Å². The zero-order chi connectivity index (χ0) is 16.6. The van der Waals surface area contributed by atoms with Gasteiger partial charge in [-0.3, -0.25) is 0 Å². The summed E-state index contributed by atoms with van der Waals surface area (Å²) in [5.74, 6) is -1.28. The van der Waals surface area contributed by atoms with Crippen molar-refractivity contribution in [2.24, 2.45) is 5.41 Å². The van der Waals surface area contributed by atoms with Crippen LogP contribution in [0.15, 0.2) is 11.3 Å². The molecule has 0 bridgehead atoms. The number of alkyl halides is 3. The molecule has 0 aromatic rings. The van der Waals surface area contributed by atoms with Crippen molar-refractivity contribution in [3.8, 4) is 0 Å². The largest absolute Gasteiger partial charge is 0.534 e. The molecule has 126 valence electrons. The maximum Gasteiger partial charge on any atom is 0.534 e. The summed E-state index contributed by atoms with van der Waals surface area (Å²) < 4.78 is 68.4. The summed E-state index contributed by atoms with van der Waals surface area (Å²) in [6.45, 7) is 0. The molecule has 0 N–H and O–H groups in total. The molecule has 2 rings (SSSR count). The van der Waals surface area contributed by atoms with Crippen LogP contribution in [0.3, 0.4) is 0 Å². The zero-order valence-corrected chi connectivity index (χ0v) is 12.8. The quantitative estimate of drug-likeness (QED) is 0.448. The Kier molecular flexibility index (Phi) is 4.47. The van der Waals surface area contributed by atoms with Gasteiger partial charge in [-0.15, -0.1) is 0 Å². The molecule has 0 radical (unpaired) electrons. The summed E-state index contributed by atoms with van der Waals surface area (Å²) in [5, 5.41) is 0. The number of methoxy groups -OCH3 is 1. The highest BCUT2D eigenvalue weighted by Gasteiger charge is 2.50. The van der Waals surface area contributed by atoms with Gasteiger partial charge in [0.25, 0.3) is 0 Å². The van der Waals surface area contributed by atoms with Crippen LogP contribution in [0.1, 0.15) is 44.9 Å². The van der Waals surface area contributed by atoms with E-state index in [9.17, 15) is 26.4 Å². The second kappa shape index (κ2) is 5.75. The number of carbonyl (C=O) groups excluding carboxylic acids is 1. The SMILES string of the molecule is COC(=O)C1=C(OS(=O)(=O)C(F)(F)F)CCC2(CCCC2)C1. The highest BCUT2D eigenvalue weighted by Crippen LogP contribution is 2.51. The van der Waals surface area contributed by atoms with Crippen LogP contribution in [0.25, 0.3) is 0 Å². The van der Waals surface area contributed by atoms with Crippen LogP contribution in [0, 0.1) is 5.41 Å². The molecule has 0 saturated heterocycles. The highest BCUT2D eigenvalue weighted by molar-refractivity contribution is 7.87. The van der Waals surface area contributed by atoms with E-state index in [2.05, 4.69) is 8.92 Å². The number of ether oxygens (including phenoxy) is 1. The molecule has 0 amide bonds. The molecule has 1 fully saturated rings. The van der Waals surface area contributed by atoms with Crippen molar-refractivity contribution in [2.75, 3.05) is 7.11 Å². The molecule has 2 aliphatic carbocycles. The lowest BCUT2D eigenvalue weighted by molar-refractivity contribution is -0.137. The third-order valence-corrected chi connectivity index (χ3v) is 5.35. The number of carbonyl (C=O) groups is 1. The molecule has 22 heavy (non-hydrogen) atoms. The highest BCUT2D eigenvalue weighted by atomic mass is 32.2. The minimum atomic E-state index is -5.77. The molecule has 0 unspecified atom stereocenters. The predicted molar refractivity (Wildman–Crippen MR) is 69.9 cm³/mol. The van der Waals surface area contributed by atoms with Gasteiger partial charge < -0.3 is 8.92 Å². The van der Waals surface area contributed by atoms with Crippen LogP contribution >= 0.6 is 0 Å². The molecular formula is C13H17F3O5S. The number of allylic oxidation sites excluding steroid dienone is 1. The van der Waals surface area contributed by atoms with E-state index in [1.54, 1.807) is 0 Å². The van der Waals surface area contributed by atoms with Crippen molar-refractivity contribution in [1.29, 1.82) is 0 Å². The van der Waals surface area contributed by atoms with E-state index >= 15 is 0 Å². The van der Waals surface area contributed by atoms with E-state index in [0.29, 0.717) is 6.42 Å². The lowest BCUT2D eigenvalue weighted by Gasteiger charge is -2.34. The van der Waals surface area contributed by atoms with E-state index in [1.165, 1.54) is 0 Å². The Morgan fingerprint density at radius 1 is 1.18 bits per heavy atom. The summed E-state index contributed by atoms with van der Waals surface area (Å²) in [6.07, 6.45) is 4.41. The minimum Gasteiger partial charge on any atom is -0.466 e. The lowest BCUT2D eigenvalue weighted by atomic mass is 9.72. The van der Waals surface area contributed by atoms with E-state index in [0.717, 1.165) is 32.8 Å². The van der Waals surface area contributed by atoms with Gasteiger partial charge in [-0.1, -0.05) is 12.8 Å². The third kappa shape index (κ3) is 3.23. The van der Waals surface area contributed by atoms with Crippen molar-refractivity contribution >= 4 is 16.1 Å². The Balaban J connectivity index is 2.33. The summed E-state index contributed by atoms with van der Waals surface area (Å²) in [7, 11) is -4.67. The van der Waals surface area contributed by atoms with Gasteiger partial charge in [0.15, 0.2) is 0 Å². The van der Waals surface area contributed by atoms with Crippen molar-refractivity contribution in [3.63, 3.8) is 0 Å². The Bertz CT molecular complexity index is 585. The van der Waals surface area contributed by atoms with Gasteiger partial charge in [0.2, 0.25) is 0 Å². The van der Waals surface area contributed by atoms with Crippen LogP contribution in [0.5, 0.6) is 0 Å². The van der Waals surface area contributed by atoms with Crippen molar-refractivity contribution < 1.29 is 35.3 Å². The summed E-state index contributed by atoms with van der Waals surface area (Å²) in [4.78, 5) is 11.8. The fourth-order valence-electron chi connectivity index (χ4n) is 3.22. The number of halogens is 3. The number of hydrogen-bond donors (Lipinski definition) is 0. The number of rotatable bonds is 3. The molecule has 1 saturated carbocycles. The smallest absolute Gasteiger partial charge is 0.466 e. The topological polar surface area (TPSA) is 69.7 Å². The number of esters is 1. The zero-order valence-electron chi connectivity index (χ0n) is 12.0. The molecule has 0 heterocycles.